The lowest BCUT2D eigenvalue weighted by atomic mass is 10.1. The first-order valence-electron chi connectivity index (χ1n) is 5.00. The number of hydrogen-bond donors (Lipinski definition) is 0. The zero-order valence-corrected chi connectivity index (χ0v) is 8.56. The molecule has 0 amide bonds. The zero-order valence-electron chi connectivity index (χ0n) is 8.56. The molecule has 15 heavy (non-hydrogen) atoms. The molecule has 0 aliphatic heterocycles. The first kappa shape index (κ1) is 9.72. The Hall–Kier alpha value is -1.82. The molecule has 0 heteroatoms. The van der Waals surface area contributed by atoms with Gasteiger partial charge in [0.25, 0.3) is 0 Å². The lowest BCUT2D eigenvalue weighted by molar-refractivity contribution is 1.58. The van der Waals surface area contributed by atoms with Gasteiger partial charge in [0.1, 0.15) is 0 Å². The van der Waals surface area contributed by atoms with Crippen LogP contribution in [0.15, 0.2) is 54.6 Å². The van der Waals surface area contributed by atoms with E-state index in [1.807, 2.05) is 30.3 Å². The molecule has 0 saturated heterocycles. The van der Waals surface area contributed by atoms with Gasteiger partial charge in [0.2, 0.25) is 0 Å². The second-order valence-corrected chi connectivity index (χ2v) is 3.49. The second-order valence-electron chi connectivity index (χ2n) is 3.49. The molecule has 0 saturated carbocycles. The molecule has 0 atom stereocenters. The van der Waals surface area contributed by atoms with Gasteiger partial charge < -0.3 is 0 Å². The van der Waals surface area contributed by atoms with Crippen molar-refractivity contribution in [1.29, 1.82) is 0 Å². The fraction of sp³-hybridized carbons (Fsp3) is 0. The Morgan fingerprint density at radius 3 is 1.80 bits per heavy atom. The molecule has 0 aromatic heterocycles. The van der Waals surface area contributed by atoms with E-state index in [1.165, 1.54) is 11.1 Å². The van der Waals surface area contributed by atoms with Crippen LogP contribution in [0.2, 0.25) is 0 Å². The molecule has 0 fully saturated rings. The third-order valence-electron chi connectivity index (χ3n) is 2.25. The molecule has 2 aromatic carbocycles. The van der Waals surface area contributed by atoms with E-state index in [9.17, 15) is 0 Å². The topological polar surface area (TPSA) is 0 Å². The van der Waals surface area contributed by atoms with E-state index in [4.69, 9.17) is 0 Å². The lowest BCUT2D eigenvalue weighted by Gasteiger charge is -1.95. The summed E-state index contributed by atoms with van der Waals surface area (Å²) >= 11 is 0. The standard InChI is InChI=1S/C15H13/c1-13-7-9-15(10-8-13)12-11-14-5-3-2-4-6-14/h2-12H,1H2. The molecule has 0 spiro atoms. The Morgan fingerprint density at radius 1 is 0.667 bits per heavy atom. The van der Waals surface area contributed by atoms with Crippen molar-refractivity contribution in [3.63, 3.8) is 0 Å². The summed E-state index contributed by atoms with van der Waals surface area (Å²) in [5, 5.41) is 0. The Balaban J connectivity index is 2.15. The van der Waals surface area contributed by atoms with Crippen LogP contribution in [0.25, 0.3) is 12.2 Å². The molecule has 1 radical (unpaired) electrons. The highest BCUT2D eigenvalue weighted by atomic mass is 13.9. The van der Waals surface area contributed by atoms with Gasteiger partial charge in [-0.25, -0.2) is 0 Å². The summed E-state index contributed by atoms with van der Waals surface area (Å²) < 4.78 is 0. The van der Waals surface area contributed by atoms with Gasteiger partial charge in [0, 0.05) is 0 Å². The first-order valence-corrected chi connectivity index (χ1v) is 5.00. The molecule has 0 unspecified atom stereocenters. The molecule has 73 valence electrons. The number of hydrogen-bond acceptors (Lipinski definition) is 0. The number of rotatable bonds is 2. The molecule has 0 nitrogen and oxygen atoms in total. The Morgan fingerprint density at radius 2 is 1.20 bits per heavy atom. The minimum absolute atomic E-state index is 1.05. The summed E-state index contributed by atoms with van der Waals surface area (Å²) in [5.74, 6) is 0. The molecule has 0 heterocycles. The smallest absolute Gasteiger partial charge is 0.0238 e. The molecule has 0 aliphatic carbocycles. The van der Waals surface area contributed by atoms with Gasteiger partial charge in [0.05, 0.1) is 0 Å². The van der Waals surface area contributed by atoms with Crippen molar-refractivity contribution in [3.05, 3.63) is 78.2 Å². The van der Waals surface area contributed by atoms with Crippen molar-refractivity contribution in [1.82, 2.24) is 0 Å². The zero-order chi connectivity index (χ0) is 10.5. The van der Waals surface area contributed by atoms with Crippen LogP contribution in [0.4, 0.5) is 0 Å². The van der Waals surface area contributed by atoms with Gasteiger partial charge in [-0.1, -0.05) is 66.7 Å². The van der Waals surface area contributed by atoms with Crippen molar-refractivity contribution in [2.75, 3.05) is 0 Å². The highest BCUT2D eigenvalue weighted by molar-refractivity contribution is 5.69. The van der Waals surface area contributed by atoms with E-state index >= 15 is 0 Å². The van der Waals surface area contributed by atoms with Crippen molar-refractivity contribution in [3.8, 4) is 0 Å². The highest BCUT2D eigenvalue weighted by Crippen LogP contribution is 2.08. The maximum atomic E-state index is 3.86. The molecular formula is C15H13. The van der Waals surface area contributed by atoms with E-state index in [2.05, 4.69) is 43.3 Å². The van der Waals surface area contributed by atoms with E-state index < -0.39 is 0 Å². The summed E-state index contributed by atoms with van der Waals surface area (Å²) in [5.41, 5.74) is 3.47. The maximum Gasteiger partial charge on any atom is -0.0238 e. The predicted octanol–water partition coefficient (Wildman–Crippen LogP) is 4.04. The fourth-order valence-electron chi connectivity index (χ4n) is 1.39. The van der Waals surface area contributed by atoms with Gasteiger partial charge in [-0.2, -0.15) is 0 Å². The average molecular weight is 193 g/mol. The second kappa shape index (κ2) is 4.61. The quantitative estimate of drug-likeness (QED) is 0.631. The van der Waals surface area contributed by atoms with Gasteiger partial charge in [-0.15, -0.1) is 0 Å². The lowest BCUT2D eigenvalue weighted by Crippen LogP contribution is -1.74. The van der Waals surface area contributed by atoms with E-state index in [0.717, 1.165) is 5.56 Å². The molecular weight excluding hydrogens is 180 g/mol. The maximum absolute atomic E-state index is 3.86. The summed E-state index contributed by atoms with van der Waals surface area (Å²) in [6.07, 6.45) is 4.22. The summed E-state index contributed by atoms with van der Waals surface area (Å²) in [7, 11) is 0. The van der Waals surface area contributed by atoms with E-state index in [0.29, 0.717) is 0 Å². The van der Waals surface area contributed by atoms with Crippen LogP contribution in [-0.4, -0.2) is 0 Å². The monoisotopic (exact) mass is 193 g/mol. The van der Waals surface area contributed by atoms with Crippen molar-refractivity contribution < 1.29 is 0 Å². The van der Waals surface area contributed by atoms with Crippen LogP contribution in [0.1, 0.15) is 16.7 Å². The van der Waals surface area contributed by atoms with Crippen LogP contribution in [0.5, 0.6) is 0 Å². The van der Waals surface area contributed by atoms with Gasteiger partial charge >= 0.3 is 0 Å². The normalized spacial score (nSPS) is 10.7. The number of benzene rings is 2. The molecule has 0 N–H and O–H groups in total. The van der Waals surface area contributed by atoms with Crippen LogP contribution < -0.4 is 0 Å². The molecule has 0 bridgehead atoms. The molecule has 2 rings (SSSR count). The van der Waals surface area contributed by atoms with Crippen LogP contribution in [0.3, 0.4) is 0 Å². The van der Waals surface area contributed by atoms with Crippen molar-refractivity contribution in [2.24, 2.45) is 0 Å². The Kier molecular flexibility index (Phi) is 2.99. The fourth-order valence-corrected chi connectivity index (χ4v) is 1.39. The summed E-state index contributed by atoms with van der Waals surface area (Å²) in [6, 6.07) is 18.5. The van der Waals surface area contributed by atoms with Gasteiger partial charge in [-0.05, 0) is 23.6 Å². The third-order valence-corrected chi connectivity index (χ3v) is 2.25. The first-order chi connectivity index (χ1) is 7.34. The van der Waals surface area contributed by atoms with Gasteiger partial charge in [0.15, 0.2) is 0 Å². The Labute approximate surface area is 90.9 Å². The van der Waals surface area contributed by atoms with Crippen LogP contribution >= 0.6 is 0 Å². The summed E-state index contributed by atoms with van der Waals surface area (Å²) in [6.45, 7) is 3.86. The average Bonchev–Trinajstić information content (AvgIpc) is 2.30. The van der Waals surface area contributed by atoms with Crippen molar-refractivity contribution >= 4 is 12.2 Å². The highest BCUT2D eigenvalue weighted by Gasteiger charge is 1.87. The van der Waals surface area contributed by atoms with Crippen LogP contribution in [0, 0.1) is 6.92 Å². The Bertz CT molecular complexity index is 435. The van der Waals surface area contributed by atoms with Gasteiger partial charge in [-0.3, -0.25) is 0 Å². The van der Waals surface area contributed by atoms with Crippen LogP contribution in [-0.2, 0) is 0 Å². The molecule has 0 aliphatic rings. The largest absolute Gasteiger partial charge is 0.0622 e. The third kappa shape index (κ3) is 2.81. The summed E-state index contributed by atoms with van der Waals surface area (Å²) in [4.78, 5) is 0. The van der Waals surface area contributed by atoms with Crippen molar-refractivity contribution in [2.45, 2.75) is 0 Å². The predicted molar refractivity (Wildman–Crippen MR) is 66.3 cm³/mol. The minimum Gasteiger partial charge on any atom is -0.0622 e. The SMILES string of the molecule is [CH2]c1ccc(C=Cc2ccccc2)cc1. The van der Waals surface area contributed by atoms with E-state index in [-0.39, 0.29) is 0 Å². The minimum atomic E-state index is 1.05. The van der Waals surface area contributed by atoms with E-state index in [1.54, 1.807) is 0 Å². The molecule has 2 aromatic rings.